The minimum absolute atomic E-state index is 0.0866. The molecule has 0 aliphatic rings. The van der Waals surface area contributed by atoms with Crippen LogP contribution in [0.4, 0.5) is 26.3 Å². The van der Waals surface area contributed by atoms with Crippen LogP contribution in [-0.4, -0.2) is 9.19 Å². The summed E-state index contributed by atoms with van der Waals surface area (Å²) in [4.78, 5) is 4.15. The third-order valence-corrected chi connectivity index (χ3v) is 5.85. The summed E-state index contributed by atoms with van der Waals surface area (Å²) >= 11 is 0. The zero-order valence-electron chi connectivity index (χ0n) is 16.0. The number of rotatable bonds is 4. The average molecular weight is 469 g/mol. The largest absolute Gasteiger partial charge is 0.430 e. The van der Waals surface area contributed by atoms with Crippen molar-refractivity contribution in [2.75, 3.05) is 0 Å². The van der Waals surface area contributed by atoms with Crippen molar-refractivity contribution in [2.45, 2.75) is 23.3 Å². The van der Waals surface area contributed by atoms with Crippen molar-refractivity contribution in [3.8, 4) is 11.1 Å². The van der Waals surface area contributed by atoms with Crippen molar-refractivity contribution in [1.29, 1.82) is 0 Å². The summed E-state index contributed by atoms with van der Waals surface area (Å²) in [5, 5.41) is -0.0931. The van der Waals surface area contributed by atoms with Gasteiger partial charge in [-0.15, -0.1) is 0 Å². The van der Waals surface area contributed by atoms with Crippen LogP contribution in [0.2, 0.25) is 0 Å². The van der Waals surface area contributed by atoms with E-state index in [-0.39, 0.29) is 16.6 Å². The molecule has 32 heavy (non-hydrogen) atoms. The molecule has 1 aromatic heterocycles. The minimum Gasteiger partial charge on any atom is -0.430 e. The first-order valence-corrected chi connectivity index (χ1v) is 10.5. The van der Waals surface area contributed by atoms with Gasteiger partial charge < -0.3 is 4.42 Å². The number of halogens is 6. The molecular weight excluding hydrogens is 456 g/mol. The van der Waals surface area contributed by atoms with Crippen molar-refractivity contribution in [3.63, 3.8) is 0 Å². The van der Waals surface area contributed by atoms with E-state index in [2.05, 4.69) is 4.98 Å². The molecule has 3 nitrogen and oxygen atoms in total. The van der Waals surface area contributed by atoms with Crippen LogP contribution in [0.5, 0.6) is 0 Å². The molecule has 0 saturated heterocycles. The van der Waals surface area contributed by atoms with Crippen LogP contribution in [0, 0.1) is 0 Å². The van der Waals surface area contributed by atoms with Gasteiger partial charge in [0.1, 0.15) is 16.3 Å². The molecule has 1 atom stereocenters. The second kappa shape index (κ2) is 8.09. The average Bonchev–Trinajstić information content (AvgIpc) is 3.16. The fourth-order valence-corrected chi connectivity index (χ4v) is 4.04. The van der Waals surface area contributed by atoms with Gasteiger partial charge in [0.25, 0.3) is 5.22 Å². The Balaban J connectivity index is 1.54. The molecule has 0 bridgehead atoms. The maximum absolute atomic E-state index is 12.7. The molecule has 0 radical (unpaired) electrons. The lowest BCUT2D eigenvalue weighted by Crippen LogP contribution is -2.05. The topological polar surface area (TPSA) is 43.1 Å². The van der Waals surface area contributed by atoms with Gasteiger partial charge in [-0.25, -0.2) is 9.19 Å². The molecule has 0 saturated carbocycles. The molecule has 0 spiro atoms. The van der Waals surface area contributed by atoms with Gasteiger partial charge >= 0.3 is 12.4 Å². The summed E-state index contributed by atoms with van der Waals surface area (Å²) in [6.07, 6.45) is -8.89. The summed E-state index contributed by atoms with van der Waals surface area (Å²) in [5.41, 5.74) is 0.664. The van der Waals surface area contributed by atoms with Crippen molar-refractivity contribution in [3.05, 3.63) is 83.4 Å². The lowest BCUT2D eigenvalue weighted by molar-refractivity contribution is -0.138. The summed E-state index contributed by atoms with van der Waals surface area (Å²) in [6.45, 7) is 0. The monoisotopic (exact) mass is 469 g/mol. The highest BCUT2D eigenvalue weighted by Gasteiger charge is 2.30. The summed E-state index contributed by atoms with van der Waals surface area (Å²) < 4.78 is 94.3. The van der Waals surface area contributed by atoms with Crippen LogP contribution >= 0.6 is 0 Å². The predicted octanol–water partition coefficient (Wildman–Crippen LogP) is 6.84. The van der Waals surface area contributed by atoms with E-state index in [1.165, 1.54) is 24.3 Å². The zero-order chi connectivity index (χ0) is 23.1. The van der Waals surface area contributed by atoms with Crippen LogP contribution in [-0.2, 0) is 28.9 Å². The molecule has 166 valence electrons. The predicted molar refractivity (Wildman–Crippen MR) is 106 cm³/mol. The SMILES string of the molecule is O=S(Cc1ccc(C(F)(F)F)cc1)c1nc2ccc(-c3ccc(C(F)(F)F)cc3)cc2o1. The fraction of sp³-hybridized carbons (Fsp3) is 0.136. The molecule has 0 amide bonds. The van der Waals surface area contributed by atoms with Crippen molar-refractivity contribution in [1.82, 2.24) is 4.98 Å². The number of nitrogens with zero attached hydrogens (tertiary/aromatic N) is 1. The molecule has 1 heterocycles. The first-order valence-electron chi connectivity index (χ1n) is 9.13. The van der Waals surface area contributed by atoms with Gasteiger partial charge in [0, 0.05) is 0 Å². The van der Waals surface area contributed by atoms with Gasteiger partial charge in [-0.2, -0.15) is 26.3 Å². The number of hydrogen-bond acceptors (Lipinski definition) is 3. The Hall–Kier alpha value is -3.14. The van der Waals surface area contributed by atoms with E-state index in [4.69, 9.17) is 4.42 Å². The Morgan fingerprint density at radius 3 is 1.84 bits per heavy atom. The van der Waals surface area contributed by atoms with Crippen molar-refractivity contribution >= 4 is 21.9 Å². The normalized spacial score (nSPS) is 13.4. The smallest absolute Gasteiger partial charge is 0.416 e. The molecule has 10 heteroatoms. The second-order valence-corrected chi connectivity index (χ2v) is 8.25. The Bertz CT molecular complexity index is 1280. The van der Waals surface area contributed by atoms with Gasteiger partial charge in [0.15, 0.2) is 5.58 Å². The Kier molecular flexibility index (Phi) is 5.58. The maximum atomic E-state index is 12.7. The van der Waals surface area contributed by atoms with Gasteiger partial charge in [-0.3, -0.25) is 0 Å². The van der Waals surface area contributed by atoms with E-state index in [1.54, 1.807) is 18.2 Å². The quantitative estimate of drug-likeness (QED) is 0.308. The molecule has 3 aromatic carbocycles. The van der Waals surface area contributed by atoms with Gasteiger partial charge in [-0.05, 0) is 53.1 Å². The molecule has 0 aliphatic heterocycles. The number of hydrogen-bond donors (Lipinski definition) is 0. The van der Waals surface area contributed by atoms with Gasteiger partial charge in [0.05, 0.1) is 16.9 Å². The summed E-state index contributed by atoms with van der Waals surface area (Å²) in [6, 6.07) is 13.7. The Morgan fingerprint density at radius 2 is 1.28 bits per heavy atom. The third-order valence-electron chi connectivity index (χ3n) is 4.69. The van der Waals surface area contributed by atoms with E-state index < -0.39 is 34.3 Å². The molecule has 4 aromatic rings. The molecule has 1 unspecified atom stereocenters. The van der Waals surface area contributed by atoms with E-state index in [0.717, 1.165) is 24.3 Å². The molecule has 4 rings (SSSR count). The highest BCUT2D eigenvalue weighted by molar-refractivity contribution is 7.84. The van der Waals surface area contributed by atoms with Crippen LogP contribution in [0.1, 0.15) is 16.7 Å². The second-order valence-electron chi connectivity index (χ2n) is 6.92. The number of oxazole rings is 1. The van der Waals surface area contributed by atoms with Crippen LogP contribution in [0.15, 0.2) is 76.4 Å². The van der Waals surface area contributed by atoms with Gasteiger partial charge in [-0.1, -0.05) is 30.3 Å². The summed E-state index contributed by atoms with van der Waals surface area (Å²) in [5.74, 6) is -0.0866. The lowest BCUT2D eigenvalue weighted by Gasteiger charge is -2.07. The first kappa shape index (κ1) is 22.1. The van der Waals surface area contributed by atoms with Crippen LogP contribution < -0.4 is 0 Å². The number of fused-ring (bicyclic) bond motifs is 1. The lowest BCUT2D eigenvalue weighted by atomic mass is 10.0. The molecule has 0 fully saturated rings. The Labute approximate surface area is 180 Å². The van der Waals surface area contributed by atoms with Gasteiger partial charge in [0.2, 0.25) is 0 Å². The Morgan fingerprint density at radius 1 is 0.750 bits per heavy atom. The highest BCUT2D eigenvalue weighted by Crippen LogP contribution is 2.32. The molecule has 0 aliphatic carbocycles. The standard InChI is InChI=1S/C22H13F6NO2S/c23-21(24,25)16-6-1-13(2-7-16)12-32(30)20-29-18-10-5-15(11-19(18)31-20)14-3-8-17(9-4-14)22(26,27)28/h1-11H,12H2. The van der Waals surface area contributed by atoms with Crippen molar-refractivity contribution in [2.24, 2.45) is 0 Å². The van der Waals surface area contributed by atoms with E-state index in [9.17, 15) is 30.6 Å². The van der Waals surface area contributed by atoms with E-state index in [1.807, 2.05) is 0 Å². The number of alkyl halides is 6. The maximum Gasteiger partial charge on any atom is 0.416 e. The molecule has 0 N–H and O–H groups in total. The third kappa shape index (κ3) is 4.69. The number of benzene rings is 3. The molecular formula is C22H13F6NO2S. The first-order chi connectivity index (χ1) is 15.0. The highest BCUT2D eigenvalue weighted by atomic mass is 32.2. The summed E-state index contributed by atoms with van der Waals surface area (Å²) in [7, 11) is -1.74. The number of aromatic nitrogens is 1. The zero-order valence-corrected chi connectivity index (χ0v) is 16.8. The van der Waals surface area contributed by atoms with Crippen molar-refractivity contribution < 1.29 is 35.0 Å². The fourth-order valence-electron chi connectivity index (χ4n) is 3.04. The van der Waals surface area contributed by atoms with E-state index in [0.29, 0.717) is 22.2 Å². The van der Waals surface area contributed by atoms with Crippen LogP contribution in [0.3, 0.4) is 0 Å². The minimum atomic E-state index is -4.46. The van der Waals surface area contributed by atoms with Crippen LogP contribution in [0.25, 0.3) is 22.2 Å². The van der Waals surface area contributed by atoms with E-state index >= 15 is 0 Å².